The van der Waals surface area contributed by atoms with Crippen molar-refractivity contribution >= 4 is 93.8 Å². The van der Waals surface area contributed by atoms with Crippen LogP contribution in [0.1, 0.15) is 109 Å². The molecule has 0 saturated heterocycles. The monoisotopic (exact) mass is 1480 g/mol. The summed E-state index contributed by atoms with van der Waals surface area (Å²) in [7, 11) is 0. The third-order valence-electron chi connectivity index (χ3n) is 17.2. The van der Waals surface area contributed by atoms with Crippen molar-refractivity contribution < 1.29 is 93.0 Å². The molecule has 0 aliphatic rings. The topological polar surface area (TPSA) is 665 Å². The van der Waals surface area contributed by atoms with Gasteiger partial charge in [0.1, 0.15) is 72.5 Å². The van der Waals surface area contributed by atoms with Gasteiger partial charge in [-0.05, 0) is 75.5 Å². The largest absolute Gasteiger partial charge is 0.481 e. The molecule has 580 valence electrons. The molecule has 40 nitrogen and oxygen atoms in total. The van der Waals surface area contributed by atoms with Crippen molar-refractivity contribution in [2.24, 2.45) is 39.8 Å². The van der Waals surface area contributed by atoms with Gasteiger partial charge in [-0.1, -0.05) is 58.7 Å². The van der Waals surface area contributed by atoms with Crippen molar-refractivity contribution in [2.75, 3.05) is 32.9 Å². The van der Waals surface area contributed by atoms with Gasteiger partial charge in [0.05, 0.1) is 38.6 Å². The van der Waals surface area contributed by atoms with E-state index in [-0.39, 0.29) is 88.2 Å². The van der Waals surface area contributed by atoms with Gasteiger partial charge in [0, 0.05) is 73.1 Å². The highest BCUT2D eigenvalue weighted by molar-refractivity contribution is 6.00. The number of aliphatic hydroxyl groups is 4. The Labute approximate surface area is 603 Å². The summed E-state index contributed by atoms with van der Waals surface area (Å²) in [6.07, 6.45) is 3.69. The van der Waals surface area contributed by atoms with Crippen LogP contribution in [0, 0.1) is 11.8 Å². The number of carbonyl (C=O) groups excluding carboxylic acids is 11. The summed E-state index contributed by atoms with van der Waals surface area (Å²) < 4.78 is 0. The molecule has 105 heavy (non-hydrogen) atoms. The van der Waals surface area contributed by atoms with Crippen molar-refractivity contribution in [3.63, 3.8) is 0 Å². The van der Waals surface area contributed by atoms with Gasteiger partial charge < -0.3 is 127 Å². The molecule has 11 amide bonds. The third kappa shape index (κ3) is 28.1. The van der Waals surface area contributed by atoms with E-state index in [0.717, 1.165) is 6.92 Å². The van der Waals surface area contributed by atoms with Gasteiger partial charge in [0.15, 0.2) is 5.96 Å². The summed E-state index contributed by atoms with van der Waals surface area (Å²) in [6.45, 7) is 5.07. The number of guanidine groups is 1. The maximum atomic E-state index is 14.9. The number of hydrogen-bond donors (Lipinski definition) is 24. The quantitative estimate of drug-likeness (QED) is 0.0111. The molecule has 4 rings (SSSR count). The fourth-order valence-electron chi connectivity index (χ4n) is 10.6. The first-order valence-corrected chi connectivity index (χ1v) is 34.2. The number of aliphatic hydroxyl groups excluding tert-OH is 4. The fraction of sp³-hybridized carbons (Fsp3) is 0.569. The molecule has 4 aromatic rings. The summed E-state index contributed by atoms with van der Waals surface area (Å²) >= 11 is 0. The Morgan fingerprint density at radius 3 is 1.37 bits per heavy atom. The van der Waals surface area contributed by atoms with Crippen LogP contribution in [0.5, 0.6) is 0 Å². The first-order valence-electron chi connectivity index (χ1n) is 34.2. The number of nitrogens with two attached hydrogens (primary N) is 4. The number of rotatable bonds is 48. The number of nitrogens with zero attached hydrogens (tertiary/aromatic N) is 3. The van der Waals surface area contributed by atoms with Crippen LogP contribution in [0.3, 0.4) is 0 Å². The Morgan fingerprint density at radius 2 is 0.914 bits per heavy atom. The number of carboxylic acid groups (broad SMARTS) is 2. The number of aliphatic carboxylic acids is 2. The molecule has 0 aliphatic heterocycles. The molecular weight excluding hydrogens is 1380 g/mol. The number of aromatic amines is 3. The highest BCUT2D eigenvalue weighted by Crippen LogP contribution is 2.21. The Morgan fingerprint density at radius 1 is 0.495 bits per heavy atom. The van der Waals surface area contributed by atoms with Crippen molar-refractivity contribution in [2.45, 2.75) is 190 Å². The van der Waals surface area contributed by atoms with E-state index < -0.39 is 200 Å². The summed E-state index contributed by atoms with van der Waals surface area (Å²) in [6, 6.07) is -12.4. The minimum atomic E-state index is -1.86. The zero-order valence-electron chi connectivity index (χ0n) is 59.0. The second-order valence-corrected chi connectivity index (χ2v) is 25.2. The molecule has 0 spiro atoms. The zero-order chi connectivity index (χ0) is 78.0. The van der Waals surface area contributed by atoms with Crippen LogP contribution in [-0.4, -0.2) is 250 Å². The van der Waals surface area contributed by atoms with Crippen molar-refractivity contribution in [3.8, 4) is 0 Å². The smallest absolute Gasteiger partial charge is 0.328 e. The lowest BCUT2D eigenvalue weighted by Crippen LogP contribution is -2.63. The number of hydrogen-bond acceptors (Lipinski definition) is 22. The van der Waals surface area contributed by atoms with Gasteiger partial charge in [-0.2, -0.15) is 0 Å². The van der Waals surface area contributed by atoms with Gasteiger partial charge in [-0.3, -0.25) is 62.5 Å². The number of carbonyl (C=O) groups is 13. The van der Waals surface area contributed by atoms with Crippen molar-refractivity contribution in [1.82, 2.24) is 83.4 Å². The van der Waals surface area contributed by atoms with E-state index in [1.54, 1.807) is 58.2 Å². The van der Waals surface area contributed by atoms with Crippen LogP contribution in [0.15, 0.2) is 60.5 Å². The van der Waals surface area contributed by atoms with E-state index in [0.29, 0.717) is 22.9 Å². The molecule has 0 fully saturated rings. The number of aliphatic imine (C=N–C) groups is 1. The van der Waals surface area contributed by atoms with Crippen LogP contribution in [-0.2, 0) is 81.6 Å². The second-order valence-electron chi connectivity index (χ2n) is 25.2. The summed E-state index contributed by atoms with van der Waals surface area (Å²) in [5, 5.41) is 87.2. The first kappa shape index (κ1) is 86.7. The second kappa shape index (κ2) is 44.1. The molecule has 0 bridgehead atoms. The van der Waals surface area contributed by atoms with Gasteiger partial charge in [-0.25, -0.2) is 14.8 Å². The maximum Gasteiger partial charge on any atom is 0.328 e. The van der Waals surface area contributed by atoms with Crippen LogP contribution in [0.4, 0.5) is 0 Å². The number of fused-ring (bicyclic) bond motifs is 1. The third-order valence-corrected chi connectivity index (χ3v) is 17.2. The van der Waals surface area contributed by atoms with E-state index >= 15 is 0 Å². The highest BCUT2D eigenvalue weighted by Gasteiger charge is 2.40. The lowest BCUT2D eigenvalue weighted by atomic mass is 9.96. The Hall–Kier alpha value is -10.7. The number of amides is 11. The van der Waals surface area contributed by atoms with Gasteiger partial charge in [0.2, 0.25) is 65.0 Å². The molecule has 3 heterocycles. The van der Waals surface area contributed by atoms with Crippen LogP contribution < -0.4 is 81.4 Å². The number of aromatic nitrogens is 5. The van der Waals surface area contributed by atoms with E-state index in [9.17, 15) is 93.0 Å². The normalized spacial score (nSPS) is 15.5. The lowest BCUT2D eigenvalue weighted by molar-refractivity contribution is -0.144. The van der Waals surface area contributed by atoms with E-state index in [1.807, 2.05) is 0 Å². The zero-order valence-corrected chi connectivity index (χ0v) is 59.0. The molecule has 0 saturated carbocycles. The number of imidazole rings is 2. The summed E-state index contributed by atoms with van der Waals surface area (Å²) in [5.41, 5.74) is 24.1. The number of H-pyrrole nitrogens is 3. The number of unbranched alkanes of at least 4 members (excludes halogenated alkanes) is 1. The Kier molecular flexibility index (Phi) is 36.4. The number of nitrogens with one attached hydrogen (secondary N) is 14. The standard InChI is InChI=1S/C65H101N21O19/c1-6-32(3)50(61(101)80-46(23-37-26-71-31-75-37)59(99)79-44(21-35-24-73-40-14-9-8-13-38(35)40)57(97)78-43(17-18-49(91)92)54(94)83-48(29-89)64(104)105)84-56(96)42(16-12-20-72-65(68)69)76-58(98)45(22-36-25-70-30-74-36)81-63(103)52(34(5)90)86-62(102)51(33(4)7-2)85-55(95)41(15-10-11-19-66)77-60(100)47(28-88)82-53(93)39(67)27-87/h8-9,13-14,24-26,30-34,39,41-48,50-52,73,87-90H,6-7,10-12,15-23,27-29,66-67H2,1-5H3,(H,70,74)(H,71,75)(H,76,98)(H,77,100)(H,78,97)(H,79,99)(H,80,101)(H,81,103)(H,82,93)(H,83,94)(H,84,96)(H,85,95)(H,86,102)(H,91,92)(H,104,105)(H4,68,69,72)/t32-,33-,34+,39-,41-,42-,43-,44-,45-,46-,47-,48-,50-,51-,52-/m0/s1. The summed E-state index contributed by atoms with van der Waals surface area (Å²) in [4.78, 5) is 201. The minimum absolute atomic E-state index is 0.0110. The molecule has 15 atom stereocenters. The number of benzene rings is 1. The van der Waals surface area contributed by atoms with Gasteiger partial charge in [-0.15, -0.1) is 0 Å². The molecule has 1 aromatic carbocycles. The Bertz CT molecular complexity index is 3550. The predicted molar refractivity (Wildman–Crippen MR) is 375 cm³/mol. The molecule has 3 aromatic heterocycles. The SMILES string of the molecule is CC[C@H](C)[C@H](NC(=O)[C@H](CCCN=C(N)N)NC(=O)[C@H](Cc1cnc[nH]1)NC(=O)[C@@H](NC(=O)[C@@H](NC(=O)[C@H](CCCCN)NC(=O)[C@H](CO)NC(=O)[C@@H](N)CO)[C@@H](C)CC)[C@@H](C)O)C(=O)N[C@@H](Cc1cnc[nH]1)C(=O)N[C@@H](Cc1c[nH]c2ccccc12)C(=O)N[C@@H](CCC(=O)O)C(=O)N[C@@H](CO)C(=O)O. The van der Waals surface area contributed by atoms with Crippen molar-refractivity contribution in [1.29, 1.82) is 0 Å². The average Bonchev–Trinajstić information content (AvgIpc) is 1.78. The molecule has 0 unspecified atom stereocenters. The van der Waals surface area contributed by atoms with Crippen LogP contribution >= 0.6 is 0 Å². The lowest BCUT2D eigenvalue weighted by Gasteiger charge is -2.31. The molecular formula is C65H101N21O19. The minimum Gasteiger partial charge on any atom is -0.481 e. The van der Waals surface area contributed by atoms with E-state index in [1.165, 1.54) is 25.0 Å². The highest BCUT2D eigenvalue weighted by atomic mass is 16.4. The summed E-state index contributed by atoms with van der Waals surface area (Å²) in [5.74, 6) is -16.0. The molecule has 0 radical (unpaired) electrons. The van der Waals surface area contributed by atoms with E-state index in [2.05, 4.69) is 88.4 Å². The Balaban J connectivity index is 1.68. The van der Waals surface area contributed by atoms with Crippen LogP contribution in [0.2, 0.25) is 0 Å². The van der Waals surface area contributed by atoms with Gasteiger partial charge >= 0.3 is 11.9 Å². The fourth-order valence-corrected chi connectivity index (χ4v) is 10.6. The first-order chi connectivity index (χ1) is 49.9. The number of para-hydroxylation sites is 1. The predicted octanol–water partition coefficient (Wildman–Crippen LogP) is -7.12. The maximum absolute atomic E-state index is 14.9. The van der Waals surface area contributed by atoms with Crippen molar-refractivity contribution in [3.05, 3.63) is 72.5 Å². The molecule has 40 heteroatoms. The van der Waals surface area contributed by atoms with Gasteiger partial charge in [0.25, 0.3) is 0 Å². The molecule has 28 N–H and O–H groups in total. The average molecular weight is 1480 g/mol. The molecule has 0 aliphatic carbocycles. The van der Waals surface area contributed by atoms with Crippen LogP contribution in [0.25, 0.3) is 10.9 Å². The number of carboxylic acids is 2. The van der Waals surface area contributed by atoms with E-state index in [4.69, 9.17) is 22.9 Å².